The highest BCUT2D eigenvalue weighted by atomic mass is 32.2. The Morgan fingerprint density at radius 1 is 1.27 bits per heavy atom. The SMILES string of the molecule is CSC1CCC(N2CC(C)NCC2C)C1. The lowest BCUT2D eigenvalue weighted by Crippen LogP contribution is -2.57. The zero-order valence-electron chi connectivity index (χ0n) is 10.2. The zero-order chi connectivity index (χ0) is 10.8. The molecule has 0 aromatic rings. The summed E-state index contributed by atoms with van der Waals surface area (Å²) in [6.07, 6.45) is 6.52. The second-order valence-electron chi connectivity index (χ2n) is 5.18. The topological polar surface area (TPSA) is 15.3 Å². The van der Waals surface area contributed by atoms with Crippen LogP contribution in [0.25, 0.3) is 0 Å². The van der Waals surface area contributed by atoms with Crippen LogP contribution in [0.3, 0.4) is 0 Å². The number of hydrogen-bond donors (Lipinski definition) is 1. The molecular weight excluding hydrogens is 204 g/mol. The van der Waals surface area contributed by atoms with Gasteiger partial charge in [-0.2, -0.15) is 11.8 Å². The molecule has 4 atom stereocenters. The molecular formula is C12H24N2S. The van der Waals surface area contributed by atoms with Crippen molar-refractivity contribution >= 4 is 11.8 Å². The van der Waals surface area contributed by atoms with Gasteiger partial charge in [0.05, 0.1) is 0 Å². The Balaban J connectivity index is 1.91. The van der Waals surface area contributed by atoms with Gasteiger partial charge in [-0.15, -0.1) is 0 Å². The van der Waals surface area contributed by atoms with Crippen LogP contribution < -0.4 is 5.32 Å². The van der Waals surface area contributed by atoms with Crippen LogP contribution in [0.1, 0.15) is 33.1 Å². The highest BCUT2D eigenvalue weighted by Gasteiger charge is 2.33. The maximum absolute atomic E-state index is 3.56. The number of hydrogen-bond acceptors (Lipinski definition) is 3. The third-order valence-electron chi connectivity index (χ3n) is 3.97. The van der Waals surface area contributed by atoms with Crippen LogP contribution in [0.5, 0.6) is 0 Å². The molecule has 0 aromatic heterocycles. The second-order valence-corrected chi connectivity index (χ2v) is 6.32. The minimum Gasteiger partial charge on any atom is -0.311 e. The number of nitrogens with zero attached hydrogens (tertiary/aromatic N) is 1. The average Bonchev–Trinajstić information content (AvgIpc) is 2.70. The molecule has 0 aromatic carbocycles. The van der Waals surface area contributed by atoms with Crippen molar-refractivity contribution in [3.8, 4) is 0 Å². The summed E-state index contributed by atoms with van der Waals surface area (Å²) in [6.45, 7) is 7.08. The van der Waals surface area contributed by atoms with Crippen LogP contribution in [0.4, 0.5) is 0 Å². The molecule has 1 aliphatic carbocycles. The van der Waals surface area contributed by atoms with E-state index in [1.165, 1.54) is 32.4 Å². The highest BCUT2D eigenvalue weighted by molar-refractivity contribution is 7.99. The third kappa shape index (κ3) is 2.69. The molecule has 3 heteroatoms. The minimum absolute atomic E-state index is 0.675. The predicted molar refractivity (Wildman–Crippen MR) is 68.6 cm³/mol. The number of nitrogens with one attached hydrogen (secondary N) is 1. The lowest BCUT2D eigenvalue weighted by atomic mass is 10.1. The summed E-state index contributed by atoms with van der Waals surface area (Å²) in [5.74, 6) is 0. The Morgan fingerprint density at radius 2 is 2.07 bits per heavy atom. The molecule has 1 aliphatic heterocycles. The van der Waals surface area contributed by atoms with Crippen molar-refractivity contribution in [3.63, 3.8) is 0 Å². The molecule has 1 saturated heterocycles. The highest BCUT2D eigenvalue weighted by Crippen LogP contribution is 2.32. The third-order valence-corrected chi connectivity index (χ3v) is 5.07. The lowest BCUT2D eigenvalue weighted by molar-refractivity contribution is 0.0978. The fraction of sp³-hybridized carbons (Fsp3) is 1.00. The van der Waals surface area contributed by atoms with Gasteiger partial charge >= 0.3 is 0 Å². The van der Waals surface area contributed by atoms with Gasteiger partial charge in [0.25, 0.3) is 0 Å². The van der Waals surface area contributed by atoms with Crippen LogP contribution >= 0.6 is 11.8 Å². The number of thioether (sulfide) groups is 1. The fourth-order valence-corrected chi connectivity index (χ4v) is 3.78. The molecule has 0 spiro atoms. The van der Waals surface area contributed by atoms with Gasteiger partial charge in [-0.1, -0.05) is 0 Å². The van der Waals surface area contributed by atoms with Crippen molar-refractivity contribution in [1.82, 2.24) is 10.2 Å². The van der Waals surface area contributed by atoms with Gasteiger partial charge in [-0.05, 0) is 39.4 Å². The van der Waals surface area contributed by atoms with Crippen molar-refractivity contribution < 1.29 is 0 Å². The van der Waals surface area contributed by atoms with Crippen LogP contribution in [-0.2, 0) is 0 Å². The molecule has 2 aliphatic rings. The largest absolute Gasteiger partial charge is 0.311 e. The molecule has 2 nitrogen and oxygen atoms in total. The minimum atomic E-state index is 0.675. The molecule has 1 saturated carbocycles. The Hall–Kier alpha value is 0.270. The Morgan fingerprint density at radius 3 is 2.73 bits per heavy atom. The van der Waals surface area contributed by atoms with Gasteiger partial charge in [0.15, 0.2) is 0 Å². The number of rotatable bonds is 2. The quantitative estimate of drug-likeness (QED) is 0.778. The first-order valence-corrected chi connectivity index (χ1v) is 7.51. The molecule has 2 rings (SSSR count). The molecule has 0 bridgehead atoms. The first-order valence-electron chi connectivity index (χ1n) is 6.22. The Bertz CT molecular complexity index is 210. The molecule has 0 radical (unpaired) electrons. The van der Waals surface area contributed by atoms with E-state index in [-0.39, 0.29) is 0 Å². The van der Waals surface area contributed by atoms with Gasteiger partial charge < -0.3 is 5.32 Å². The summed E-state index contributed by atoms with van der Waals surface area (Å²) in [7, 11) is 0. The lowest BCUT2D eigenvalue weighted by Gasteiger charge is -2.41. The van der Waals surface area contributed by atoms with Crippen molar-refractivity contribution in [2.45, 2.75) is 56.5 Å². The van der Waals surface area contributed by atoms with Crippen LogP contribution in [0.2, 0.25) is 0 Å². The normalized spacial score (nSPS) is 43.4. The van der Waals surface area contributed by atoms with E-state index in [0.29, 0.717) is 6.04 Å². The second kappa shape index (κ2) is 5.07. The molecule has 1 heterocycles. The van der Waals surface area contributed by atoms with E-state index in [2.05, 4.69) is 42.1 Å². The van der Waals surface area contributed by atoms with Crippen molar-refractivity contribution in [2.75, 3.05) is 19.3 Å². The molecule has 15 heavy (non-hydrogen) atoms. The van der Waals surface area contributed by atoms with Crippen molar-refractivity contribution in [3.05, 3.63) is 0 Å². The van der Waals surface area contributed by atoms with E-state index in [1.807, 2.05) is 0 Å². The van der Waals surface area contributed by atoms with Gasteiger partial charge in [-0.3, -0.25) is 4.90 Å². The van der Waals surface area contributed by atoms with Gasteiger partial charge in [0.1, 0.15) is 0 Å². The summed E-state index contributed by atoms with van der Waals surface area (Å²) >= 11 is 2.06. The monoisotopic (exact) mass is 228 g/mol. The van der Waals surface area contributed by atoms with E-state index in [9.17, 15) is 0 Å². The van der Waals surface area contributed by atoms with E-state index in [0.717, 1.165) is 17.3 Å². The van der Waals surface area contributed by atoms with E-state index >= 15 is 0 Å². The zero-order valence-corrected chi connectivity index (χ0v) is 11.0. The van der Waals surface area contributed by atoms with Gasteiger partial charge in [0.2, 0.25) is 0 Å². The molecule has 1 N–H and O–H groups in total. The Kier molecular flexibility index (Phi) is 3.97. The molecule has 4 unspecified atom stereocenters. The average molecular weight is 228 g/mol. The fourth-order valence-electron chi connectivity index (χ4n) is 2.99. The summed E-state index contributed by atoms with van der Waals surface area (Å²) in [4.78, 5) is 2.75. The summed E-state index contributed by atoms with van der Waals surface area (Å²) in [5, 5.41) is 4.49. The number of piperazine rings is 1. The van der Waals surface area contributed by atoms with Gasteiger partial charge in [0, 0.05) is 36.5 Å². The Labute approximate surface area is 98.2 Å². The smallest absolute Gasteiger partial charge is 0.0196 e. The van der Waals surface area contributed by atoms with Gasteiger partial charge in [-0.25, -0.2) is 0 Å². The molecule has 88 valence electrons. The van der Waals surface area contributed by atoms with Crippen LogP contribution in [0.15, 0.2) is 0 Å². The van der Waals surface area contributed by atoms with Crippen LogP contribution in [0, 0.1) is 0 Å². The summed E-state index contributed by atoms with van der Waals surface area (Å²) < 4.78 is 0. The first kappa shape index (κ1) is 11.7. The maximum Gasteiger partial charge on any atom is 0.0196 e. The first-order chi connectivity index (χ1) is 7.20. The standard InChI is InChI=1S/C12H24N2S/c1-9-8-14(10(2)7-13-9)11-4-5-12(6-11)15-3/h9-13H,4-8H2,1-3H3. The van der Waals surface area contributed by atoms with Crippen LogP contribution in [-0.4, -0.2) is 47.6 Å². The predicted octanol–water partition coefficient (Wildman–Crippen LogP) is 1.95. The van der Waals surface area contributed by atoms with E-state index in [1.54, 1.807) is 0 Å². The van der Waals surface area contributed by atoms with Crippen molar-refractivity contribution in [2.24, 2.45) is 0 Å². The summed E-state index contributed by atoms with van der Waals surface area (Å²) in [6, 6.07) is 2.27. The van der Waals surface area contributed by atoms with E-state index in [4.69, 9.17) is 0 Å². The molecule has 2 fully saturated rings. The maximum atomic E-state index is 3.56. The molecule has 0 amide bonds. The van der Waals surface area contributed by atoms with Crippen molar-refractivity contribution in [1.29, 1.82) is 0 Å². The summed E-state index contributed by atoms with van der Waals surface area (Å²) in [5.41, 5.74) is 0. The van der Waals surface area contributed by atoms with E-state index < -0.39 is 0 Å².